The smallest absolute Gasteiger partial charge is 0.150 e. The third-order valence-electron chi connectivity index (χ3n) is 2.59. The van der Waals surface area contributed by atoms with Gasteiger partial charge in [0.2, 0.25) is 0 Å². The number of aldehydes is 1. The quantitative estimate of drug-likeness (QED) is 0.716. The fourth-order valence-electron chi connectivity index (χ4n) is 1.67. The molecular formula is C13H19NO. The van der Waals surface area contributed by atoms with Gasteiger partial charge in [0.05, 0.1) is 0 Å². The minimum absolute atomic E-state index is 0.536. The highest BCUT2D eigenvalue weighted by Gasteiger charge is 2.06. The molecular weight excluding hydrogens is 186 g/mol. The van der Waals surface area contributed by atoms with Crippen LogP contribution in [-0.2, 0) is 0 Å². The molecule has 0 radical (unpaired) electrons. The Morgan fingerprint density at radius 2 is 1.67 bits per heavy atom. The highest BCUT2D eigenvalue weighted by molar-refractivity contribution is 5.74. The second-order valence-corrected chi connectivity index (χ2v) is 3.93. The summed E-state index contributed by atoms with van der Waals surface area (Å²) in [7, 11) is 0. The molecule has 1 aromatic carbocycles. The monoisotopic (exact) mass is 205 g/mol. The van der Waals surface area contributed by atoms with Crippen molar-refractivity contribution in [2.75, 3.05) is 0 Å². The lowest BCUT2D eigenvalue weighted by Crippen LogP contribution is -2.22. The number of hydrogen-bond acceptors (Lipinski definition) is 2. The maximum Gasteiger partial charge on any atom is 0.150 e. The maximum atomic E-state index is 10.0. The summed E-state index contributed by atoms with van der Waals surface area (Å²) < 4.78 is 0. The standard InChI is InChI=1S/C7H6O.C6H13N/c8-6-7-4-2-1-3-5-7;7-6-4-2-1-3-5-6/h1-6H;6H,1-5,7H2. The summed E-state index contributed by atoms with van der Waals surface area (Å²) in [6.07, 6.45) is 7.50. The minimum Gasteiger partial charge on any atom is -0.328 e. The van der Waals surface area contributed by atoms with Crippen molar-refractivity contribution in [3.05, 3.63) is 35.9 Å². The fraction of sp³-hybridized carbons (Fsp3) is 0.462. The molecule has 1 aliphatic carbocycles. The summed E-state index contributed by atoms with van der Waals surface area (Å²) in [4.78, 5) is 10.0. The van der Waals surface area contributed by atoms with E-state index in [1.165, 1.54) is 32.1 Å². The van der Waals surface area contributed by atoms with Gasteiger partial charge in [-0.15, -0.1) is 0 Å². The van der Waals surface area contributed by atoms with Gasteiger partial charge in [-0.05, 0) is 12.8 Å². The van der Waals surface area contributed by atoms with E-state index in [0.717, 1.165) is 11.8 Å². The lowest BCUT2D eigenvalue weighted by atomic mass is 9.97. The molecule has 0 amide bonds. The second kappa shape index (κ2) is 7.18. The molecule has 2 N–H and O–H groups in total. The molecule has 82 valence electrons. The zero-order chi connectivity index (χ0) is 10.9. The van der Waals surface area contributed by atoms with Gasteiger partial charge in [-0.2, -0.15) is 0 Å². The Kier molecular flexibility index (Phi) is 5.71. The summed E-state index contributed by atoms with van der Waals surface area (Å²) in [5, 5.41) is 0. The maximum absolute atomic E-state index is 10.0. The van der Waals surface area contributed by atoms with E-state index in [4.69, 9.17) is 5.73 Å². The van der Waals surface area contributed by atoms with Crippen LogP contribution in [0.3, 0.4) is 0 Å². The number of nitrogens with two attached hydrogens (primary N) is 1. The lowest BCUT2D eigenvalue weighted by Gasteiger charge is -2.15. The van der Waals surface area contributed by atoms with Crippen LogP contribution in [0.4, 0.5) is 0 Å². The molecule has 0 spiro atoms. The second-order valence-electron chi connectivity index (χ2n) is 3.93. The Morgan fingerprint density at radius 1 is 1.07 bits per heavy atom. The van der Waals surface area contributed by atoms with Crippen LogP contribution in [0.5, 0.6) is 0 Å². The molecule has 2 nitrogen and oxygen atoms in total. The third kappa shape index (κ3) is 5.33. The van der Waals surface area contributed by atoms with E-state index in [9.17, 15) is 4.79 Å². The Balaban J connectivity index is 0.000000151. The zero-order valence-electron chi connectivity index (χ0n) is 9.06. The predicted octanol–water partition coefficient (Wildman–Crippen LogP) is 2.78. The van der Waals surface area contributed by atoms with Gasteiger partial charge in [0.1, 0.15) is 6.29 Å². The average Bonchev–Trinajstić information content (AvgIpc) is 2.32. The van der Waals surface area contributed by atoms with Gasteiger partial charge in [0, 0.05) is 11.6 Å². The van der Waals surface area contributed by atoms with Crippen molar-refractivity contribution < 1.29 is 4.79 Å². The SMILES string of the molecule is NC1CCCCC1.O=Cc1ccccc1. The van der Waals surface area contributed by atoms with Crippen LogP contribution in [-0.4, -0.2) is 12.3 Å². The number of benzene rings is 1. The number of carbonyl (C=O) groups is 1. The molecule has 0 heterocycles. The van der Waals surface area contributed by atoms with Crippen molar-refractivity contribution in [1.82, 2.24) is 0 Å². The molecule has 2 rings (SSSR count). The van der Waals surface area contributed by atoms with Crippen LogP contribution in [0.25, 0.3) is 0 Å². The molecule has 0 aliphatic heterocycles. The molecule has 1 aliphatic rings. The van der Waals surface area contributed by atoms with Gasteiger partial charge in [-0.25, -0.2) is 0 Å². The van der Waals surface area contributed by atoms with Crippen molar-refractivity contribution in [3.63, 3.8) is 0 Å². The zero-order valence-corrected chi connectivity index (χ0v) is 9.06. The van der Waals surface area contributed by atoms with E-state index in [1.54, 1.807) is 12.1 Å². The van der Waals surface area contributed by atoms with Gasteiger partial charge in [0.15, 0.2) is 0 Å². The van der Waals surface area contributed by atoms with Gasteiger partial charge in [0.25, 0.3) is 0 Å². The van der Waals surface area contributed by atoms with Gasteiger partial charge in [-0.3, -0.25) is 4.79 Å². The summed E-state index contributed by atoms with van der Waals surface area (Å²) in [5.74, 6) is 0. The van der Waals surface area contributed by atoms with E-state index in [2.05, 4.69) is 0 Å². The van der Waals surface area contributed by atoms with E-state index >= 15 is 0 Å². The molecule has 0 unspecified atom stereocenters. The Labute approximate surface area is 91.5 Å². The number of hydrogen-bond donors (Lipinski definition) is 1. The van der Waals surface area contributed by atoms with Crippen molar-refractivity contribution in [2.24, 2.45) is 5.73 Å². The molecule has 1 aromatic rings. The number of carbonyl (C=O) groups excluding carboxylic acids is 1. The molecule has 0 bridgehead atoms. The van der Waals surface area contributed by atoms with Crippen LogP contribution < -0.4 is 5.73 Å². The molecule has 15 heavy (non-hydrogen) atoms. The van der Waals surface area contributed by atoms with Crippen LogP contribution in [0, 0.1) is 0 Å². The van der Waals surface area contributed by atoms with Crippen molar-refractivity contribution in [3.8, 4) is 0 Å². The van der Waals surface area contributed by atoms with Crippen molar-refractivity contribution in [1.29, 1.82) is 0 Å². The minimum atomic E-state index is 0.536. The van der Waals surface area contributed by atoms with Gasteiger partial charge in [-0.1, -0.05) is 49.6 Å². The first-order chi connectivity index (χ1) is 7.33. The molecule has 2 heteroatoms. The van der Waals surface area contributed by atoms with Crippen molar-refractivity contribution in [2.45, 2.75) is 38.1 Å². The predicted molar refractivity (Wildman–Crippen MR) is 62.9 cm³/mol. The van der Waals surface area contributed by atoms with E-state index in [-0.39, 0.29) is 0 Å². The Hall–Kier alpha value is -1.15. The van der Waals surface area contributed by atoms with Gasteiger partial charge < -0.3 is 5.73 Å². The number of rotatable bonds is 1. The van der Waals surface area contributed by atoms with E-state index in [0.29, 0.717) is 6.04 Å². The average molecular weight is 205 g/mol. The Morgan fingerprint density at radius 3 is 2.00 bits per heavy atom. The van der Waals surface area contributed by atoms with Crippen LogP contribution in [0.2, 0.25) is 0 Å². The highest BCUT2D eigenvalue weighted by atomic mass is 16.1. The molecule has 0 saturated heterocycles. The summed E-state index contributed by atoms with van der Waals surface area (Å²) in [6, 6.07) is 9.63. The van der Waals surface area contributed by atoms with Gasteiger partial charge >= 0.3 is 0 Å². The topological polar surface area (TPSA) is 43.1 Å². The molecule has 0 atom stereocenters. The summed E-state index contributed by atoms with van der Waals surface area (Å²) in [5.41, 5.74) is 6.36. The largest absolute Gasteiger partial charge is 0.328 e. The first kappa shape index (κ1) is 11.9. The van der Waals surface area contributed by atoms with E-state index < -0.39 is 0 Å². The fourth-order valence-corrected chi connectivity index (χ4v) is 1.67. The molecule has 1 saturated carbocycles. The summed E-state index contributed by atoms with van der Waals surface area (Å²) >= 11 is 0. The first-order valence-electron chi connectivity index (χ1n) is 5.58. The third-order valence-corrected chi connectivity index (χ3v) is 2.59. The highest BCUT2D eigenvalue weighted by Crippen LogP contribution is 2.14. The van der Waals surface area contributed by atoms with Crippen molar-refractivity contribution >= 4 is 6.29 Å². The summed E-state index contributed by atoms with van der Waals surface area (Å²) in [6.45, 7) is 0. The molecule has 0 aromatic heterocycles. The molecule has 1 fully saturated rings. The Bertz CT molecular complexity index is 265. The van der Waals surface area contributed by atoms with Crippen LogP contribution in [0.1, 0.15) is 42.5 Å². The first-order valence-corrected chi connectivity index (χ1v) is 5.58. The van der Waals surface area contributed by atoms with Crippen LogP contribution >= 0.6 is 0 Å². The normalized spacial score (nSPS) is 16.3. The van der Waals surface area contributed by atoms with Crippen LogP contribution in [0.15, 0.2) is 30.3 Å². The van der Waals surface area contributed by atoms with E-state index in [1.807, 2.05) is 18.2 Å². The lowest BCUT2D eigenvalue weighted by molar-refractivity contribution is 0.112.